The molecule has 0 saturated carbocycles. The number of carbonyl (C=O) groups is 2. The highest BCUT2D eigenvalue weighted by atomic mass is 16.5. The van der Waals surface area contributed by atoms with Gasteiger partial charge < -0.3 is 25.6 Å². The second-order valence-electron chi connectivity index (χ2n) is 4.19. The zero-order valence-corrected chi connectivity index (χ0v) is 11.3. The van der Waals surface area contributed by atoms with Crippen LogP contribution >= 0.6 is 0 Å². The van der Waals surface area contributed by atoms with Crippen LogP contribution in [0.3, 0.4) is 0 Å². The van der Waals surface area contributed by atoms with Gasteiger partial charge in [-0.3, -0.25) is 0 Å². The Bertz CT molecular complexity index is 490. The Balaban J connectivity index is 2.68. The van der Waals surface area contributed by atoms with Crippen LogP contribution in [0.1, 0.15) is 24.2 Å². The minimum atomic E-state index is -1.24. The molecule has 0 aliphatic heterocycles. The van der Waals surface area contributed by atoms with Crippen molar-refractivity contribution in [2.24, 2.45) is 0 Å². The summed E-state index contributed by atoms with van der Waals surface area (Å²) in [5.74, 6) is -1.42. The van der Waals surface area contributed by atoms with Crippen molar-refractivity contribution in [3.8, 4) is 5.75 Å². The van der Waals surface area contributed by atoms with E-state index in [9.17, 15) is 14.7 Å². The Morgan fingerprint density at radius 3 is 2.70 bits per heavy atom. The molecule has 1 atom stereocenters. The van der Waals surface area contributed by atoms with Gasteiger partial charge in [0, 0.05) is 6.61 Å². The SMILES string of the molecule is CCOCC(C)NC(=O)Nc1ccc(O)cc1C(=O)O. The van der Waals surface area contributed by atoms with Crippen LogP contribution in [-0.2, 0) is 4.74 Å². The van der Waals surface area contributed by atoms with E-state index in [1.54, 1.807) is 6.92 Å². The van der Waals surface area contributed by atoms with E-state index in [0.717, 1.165) is 6.07 Å². The lowest BCUT2D eigenvalue weighted by Gasteiger charge is -2.15. The Morgan fingerprint density at radius 1 is 1.40 bits per heavy atom. The molecule has 0 fully saturated rings. The van der Waals surface area contributed by atoms with Crippen molar-refractivity contribution in [3.05, 3.63) is 23.8 Å². The molecule has 7 heteroatoms. The molecule has 0 spiro atoms. The number of benzene rings is 1. The van der Waals surface area contributed by atoms with E-state index in [2.05, 4.69) is 10.6 Å². The van der Waals surface area contributed by atoms with E-state index >= 15 is 0 Å². The summed E-state index contributed by atoms with van der Waals surface area (Å²) in [7, 11) is 0. The summed E-state index contributed by atoms with van der Waals surface area (Å²) >= 11 is 0. The van der Waals surface area contributed by atoms with Crippen molar-refractivity contribution in [1.29, 1.82) is 0 Å². The molecule has 1 aromatic carbocycles. The molecule has 1 aromatic rings. The Morgan fingerprint density at radius 2 is 2.10 bits per heavy atom. The van der Waals surface area contributed by atoms with Crippen LogP contribution in [0.25, 0.3) is 0 Å². The number of phenols is 1. The maximum absolute atomic E-state index is 11.7. The molecule has 2 amide bonds. The molecule has 0 heterocycles. The van der Waals surface area contributed by atoms with Gasteiger partial charge in [0.1, 0.15) is 5.75 Å². The minimum absolute atomic E-state index is 0.108. The maximum atomic E-state index is 11.7. The van der Waals surface area contributed by atoms with Gasteiger partial charge in [0.25, 0.3) is 0 Å². The summed E-state index contributed by atoms with van der Waals surface area (Å²) in [5.41, 5.74) is -0.0750. The van der Waals surface area contributed by atoms with Crippen LogP contribution in [0.15, 0.2) is 18.2 Å². The van der Waals surface area contributed by atoms with Crippen LogP contribution in [-0.4, -0.2) is 41.5 Å². The third-order valence-electron chi connectivity index (χ3n) is 2.43. The Kier molecular flexibility index (Phi) is 5.79. The van der Waals surface area contributed by atoms with Gasteiger partial charge in [-0.25, -0.2) is 9.59 Å². The number of carboxylic acid groups (broad SMARTS) is 1. The maximum Gasteiger partial charge on any atom is 0.337 e. The van der Waals surface area contributed by atoms with Crippen LogP contribution in [0.4, 0.5) is 10.5 Å². The van der Waals surface area contributed by atoms with Gasteiger partial charge in [0.05, 0.1) is 23.9 Å². The fourth-order valence-electron chi connectivity index (χ4n) is 1.54. The van der Waals surface area contributed by atoms with Gasteiger partial charge in [-0.2, -0.15) is 0 Å². The summed E-state index contributed by atoms with van der Waals surface area (Å²) in [5, 5.41) is 23.3. The zero-order valence-electron chi connectivity index (χ0n) is 11.3. The number of aromatic carboxylic acids is 1. The number of aromatic hydroxyl groups is 1. The Labute approximate surface area is 116 Å². The molecular weight excluding hydrogens is 264 g/mol. The molecule has 20 heavy (non-hydrogen) atoms. The summed E-state index contributed by atoms with van der Waals surface area (Å²) in [6, 6.07) is 2.95. The lowest BCUT2D eigenvalue weighted by Crippen LogP contribution is -2.39. The fourth-order valence-corrected chi connectivity index (χ4v) is 1.54. The second kappa shape index (κ2) is 7.34. The number of nitrogens with one attached hydrogen (secondary N) is 2. The van der Waals surface area contributed by atoms with Crippen molar-refractivity contribution >= 4 is 17.7 Å². The highest BCUT2D eigenvalue weighted by molar-refractivity contribution is 6.00. The van der Waals surface area contributed by atoms with E-state index in [1.807, 2.05) is 6.92 Å². The first-order chi connectivity index (χ1) is 9.43. The number of phenolic OH excluding ortho intramolecular Hbond substituents is 1. The van der Waals surface area contributed by atoms with E-state index in [-0.39, 0.29) is 23.0 Å². The monoisotopic (exact) mass is 282 g/mol. The number of carboxylic acids is 1. The molecule has 110 valence electrons. The zero-order chi connectivity index (χ0) is 15.1. The molecule has 0 aromatic heterocycles. The van der Waals surface area contributed by atoms with E-state index in [0.29, 0.717) is 13.2 Å². The van der Waals surface area contributed by atoms with Crippen molar-refractivity contribution in [1.82, 2.24) is 5.32 Å². The molecule has 0 radical (unpaired) electrons. The average molecular weight is 282 g/mol. The highest BCUT2D eigenvalue weighted by Gasteiger charge is 2.14. The number of carbonyl (C=O) groups excluding carboxylic acids is 1. The normalized spacial score (nSPS) is 11.7. The standard InChI is InChI=1S/C13H18N2O5/c1-3-20-7-8(2)14-13(19)15-11-5-4-9(16)6-10(11)12(17)18/h4-6,8,16H,3,7H2,1-2H3,(H,17,18)(H2,14,15,19). The van der Waals surface area contributed by atoms with Crippen LogP contribution in [0.2, 0.25) is 0 Å². The first kappa shape index (κ1) is 15.8. The molecular formula is C13H18N2O5. The first-order valence-corrected chi connectivity index (χ1v) is 6.15. The number of amides is 2. The number of ether oxygens (including phenoxy) is 1. The quantitative estimate of drug-likeness (QED) is 0.593. The molecule has 7 nitrogen and oxygen atoms in total. The average Bonchev–Trinajstić information content (AvgIpc) is 2.38. The van der Waals surface area contributed by atoms with Gasteiger partial charge in [0.15, 0.2) is 0 Å². The lowest BCUT2D eigenvalue weighted by atomic mass is 10.1. The molecule has 0 bridgehead atoms. The van der Waals surface area contributed by atoms with Crippen molar-refractivity contribution in [3.63, 3.8) is 0 Å². The van der Waals surface area contributed by atoms with Gasteiger partial charge in [-0.15, -0.1) is 0 Å². The molecule has 0 saturated heterocycles. The van der Waals surface area contributed by atoms with Gasteiger partial charge in [-0.05, 0) is 32.0 Å². The fraction of sp³-hybridized carbons (Fsp3) is 0.385. The molecule has 0 aliphatic carbocycles. The number of rotatable bonds is 6. The van der Waals surface area contributed by atoms with Crippen LogP contribution in [0, 0.1) is 0 Å². The topological polar surface area (TPSA) is 108 Å². The lowest BCUT2D eigenvalue weighted by molar-refractivity contribution is 0.0697. The summed E-state index contributed by atoms with van der Waals surface area (Å²) < 4.78 is 5.15. The second-order valence-corrected chi connectivity index (χ2v) is 4.19. The number of hydrogen-bond donors (Lipinski definition) is 4. The molecule has 1 rings (SSSR count). The van der Waals surface area contributed by atoms with Crippen molar-refractivity contribution in [2.75, 3.05) is 18.5 Å². The number of anilines is 1. The van der Waals surface area contributed by atoms with E-state index < -0.39 is 12.0 Å². The van der Waals surface area contributed by atoms with Crippen LogP contribution in [0.5, 0.6) is 5.75 Å². The van der Waals surface area contributed by atoms with E-state index in [1.165, 1.54) is 12.1 Å². The molecule has 4 N–H and O–H groups in total. The van der Waals surface area contributed by atoms with Crippen molar-refractivity contribution in [2.45, 2.75) is 19.9 Å². The van der Waals surface area contributed by atoms with E-state index in [4.69, 9.17) is 9.84 Å². The van der Waals surface area contributed by atoms with Gasteiger partial charge >= 0.3 is 12.0 Å². The summed E-state index contributed by atoms with van der Waals surface area (Å²) in [6.07, 6.45) is 0. The highest BCUT2D eigenvalue weighted by Crippen LogP contribution is 2.21. The summed E-state index contributed by atoms with van der Waals surface area (Å²) in [6.45, 7) is 4.53. The Hall–Kier alpha value is -2.28. The predicted octanol–water partition coefficient (Wildman–Crippen LogP) is 1.64. The third-order valence-corrected chi connectivity index (χ3v) is 2.43. The number of hydrogen-bond acceptors (Lipinski definition) is 4. The van der Waals surface area contributed by atoms with Gasteiger partial charge in [-0.1, -0.05) is 0 Å². The number of urea groups is 1. The largest absolute Gasteiger partial charge is 0.508 e. The first-order valence-electron chi connectivity index (χ1n) is 6.15. The molecule has 1 unspecified atom stereocenters. The van der Waals surface area contributed by atoms with Gasteiger partial charge in [0.2, 0.25) is 0 Å². The predicted molar refractivity (Wildman–Crippen MR) is 73.2 cm³/mol. The van der Waals surface area contributed by atoms with Crippen LogP contribution < -0.4 is 10.6 Å². The minimum Gasteiger partial charge on any atom is -0.508 e. The smallest absolute Gasteiger partial charge is 0.337 e. The summed E-state index contributed by atoms with van der Waals surface area (Å²) in [4.78, 5) is 22.7. The van der Waals surface area contributed by atoms with Crippen molar-refractivity contribution < 1.29 is 24.5 Å². The third kappa shape index (κ3) is 4.77. The molecule has 0 aliphatic rings.